The molecular weight excluding hydrogens is 274 g/mol. The van der Waals surface area contributed by atoms with Crippen LogP contribution < -0.4 is 0 Å². The smallest absolute Gasteiger partial charge is 0.283 e. The van der Waals surface area contributed by atoms with Crippen molar-refractivity contribution in [3.63, 3.8) is 0 Å². The SMILES string of the molecule is O=[N+]([O-])c1cc(CCC2(O)CC2)ccc1Br. The summed E-state index contributed by atoms with van der Waals surface area (Å²) in [5.41, 5.74) is 0.484. The molecule has 0 spiro atoms. The highest BCUT2D eigenvalue weighted by molar-refractivity contribution is 9.10. The number of hydrogen-bond acceptors (Lipinski definition) is 3. The Morgan fingerprint density at radius 1 is 1.50 bits per heavy atom. The van der Waals surface area contributed by atoms with Crippen LogP contribution in [0.1, 0.15) is 24.8 Å². The number of rotatable bonds is 4. The Kier molecular flexibility index (Phi) is 2.99. The van der Waals surface area contributed by atoms with Gasteiger partial charge in [0.2, 0.25) is 0 Å². The summed E-state index contributed by atoms with van der Waals surface area (Å²) < 4.78 is 0.492. The summed E-state index contributed by atoms with van der Waals surface area (Å²) in [6.07, 6.45) is 3.08. The van der Waals surface area contributed by atoms with Crippen LogP contribution in [0.3, 0.4) is 0 Å². The molecule has 2 rings (SSSR count). The molecule has 0 radical (unpaired) electrons. The van der Waals surface area contributed by atoms with E-state index in [1.54, 1.807) is 12.1 Å². The maximum absolute atomic E-state index is 10.7. The van der Waals surface area contributed by atoms with E-state index in [2.05, 4.69) is 15.9 Å². The Labute approximate surface area is 102 Å². The fourth-order valence-corrected chi connectivity index (χ4v) is 2.02. The lowest BCUT2D eigenvalue weighted by molar-refractivity contribution is -0.385. The molecule has 0 aromatic heterocycles. The van der Waals surface area contributed by atoms with Gasteiger partial charge in [-0.1, -0.05) is 6.07 Å². The molecule has 1 N–H and O–H groups in total. The normalized spacial score (nSPS) is 17.1. The first kappa shape index (κ1) is 11.5. The van der Waals surface area contributed by atoms with Crippen LogP contribution in [0.15, 0.2) is 22.7 Å². The van der Waals surface area contributed by atoms with Crippen molar-refractivity contribution >= 4 is 21.6 Å². The molecule has 1 aliphatic carbocycles. The van der Waals surface area contributed by atoms with E-state index in [9.17, 15) is 15.2 Å². The third kappa shape index (κ3) is 2.59. The Balaban J connectivity index is 2.09. The van der Waals surface area contributed by atoms with E-state index in [0.717, 1.165) is 18.4 Å². The van der Waals surface area contributed by atoms with Gasteiger partial charge < -0.3 is 5.11 Å². The molecule has 0 heterocycles. The molecule has 0 atom stereocenters. The second-order valence-corrected chi connectivity index (χ2v) is 5.12. The van der Waals surface area contributed by atoms with Gasteiger partial charge in [0.15, 0.2) is 0 Å². The summed E-state index contributed by atoms with van der Waals surface area (Å²) in [7, 11) is 0. The molecule has 4 nitrogen and oxygen atoms in total. The van der Waals surface area contributed by atoms with Crippen molar-refractivity contribution in [2.24, 2.45) is 0 Å². The summed E-state index contributed by atoms with van der Waals surface area (Å²) in [6, 6.07) is 5.10. The second kappa shape index (κ2) is 4.14. The molecular formula is C11H12BrNO3. The molecule has 0 unspecified atom stereocenters. The van der Waals surface area contributed by atoms with Gasteiger partial charge in [-0.05, 0) is 53.2 Å². The lowest BCUT2D eigenvalue weighted by Gasteiger charge is -2.07. The molecule has 0 amide bonds. The van der Waals surface area contributed by atoms with Crippen molar-refractivity contribution in [3.05, 3.63) is 38.3 Å². The van der Waals surface area contributed by atoms with Gasteiger partial charge in [0.1, 0.15) is 0 Å². The van der Waals surface area contributed by atoms with E-state index < -0.39 is 10.5 Å². The largest absolute Gasteiger partial charge is 0.390 e. The number of aliphatic hydroxyl groups is 1. The van der Waals surface area contributed by atoms with Gasteiger partial charge in [0, 0.05) is 6.07 Å². The van der Waals surface area contributed by atoms with Gasteiger partial charge in [-0.15, -0.1) is 0 Å². The van der Waals surface area contributed by atoms with E-state index in [-0.39, 0.29) is 5.69 Å². The number of halogens is 1. The first-order valence-electron chi connectivity index (χ1n) is 5.15. The quantitative estimate of drug-likeness (QED) is 0.683. The average molecular weight is 286 g/mol. The van der Waals surface area contributed by atoms with Crippen molar-refractivity contribution in [2.75, 3.05) is 0 Å². The minimum Gasteiger partial charge on any atom is -0.390 e. The van der Waals surface area contributed by atoms with Crippen molar-refractivity contribution in [2.45, 2.75) is 31.3 Å². The van der Waals surface area contributed by atoms with Gasteiger partial charge in [0.25, 0.3) is 5.69 Å². The minimum atomic E-state index is -0.498. The Hall–Kier alpha value is -0.940. The summed E-state index contributed by atoms with van der Waals surface area (Å²) in [4.78, 5) is 10.3. The van der Waals surface area contributed by atoms with Crippen LogP contribution in [0.25, 0.3) is 0 Å². The molecule has 0 aliphatic heterocycles. The molecule has 1 fully saturated rings. The van der Waals surface area contributed by atoms with Crippen molar-refractivity contribution in [1.82, 2.24) is 0 Å². The average Bonchev–Trinajstić information content (AvgIpc) is 2.96. The highest BCUT2D eigenvalue weighted by Crippen LogP contribution is 2.39. The fraction of sp³-hybridized carbons (Fsp3) is 0.455. The Bertz CT molecular complexity index is 429. The van der Waals surface area contributed by atoms with Crippen LogP contribution in [0.2, 0.25) is 0 Å². The molecule has 1 aromatic rings. The van der Waals surface area contributed by atoms with Gasteiger partial charge in [0.05, 0.1) is 15.0 Å². The predicted octanol–water partition coefficient (Wildman–Crippen LogP) is 2.81. The van der Waals surface area contributed by atoms with Crippen LogP contribution >= 0.6 is 15.9 Å². The zero-order valence-electron chi connectivity index (χ0n) is 8.65. The van der Waals surface area contributed by atoms with Crippen molar-refractivity contribution in [3.8, 4) is 0 Å². The molecule has 1 aromatic carbocycles. The van der Waals surface area contributed by atoms with Gasteiger partial charge in [-0.25, -0.2) is 0 Å². The van der Waals surface area contributed by atoms with E-state index in [0.29, 0.717) is 17.3 Å². The molecule has 0 saturated heterocycles. The van der Waals surface area contributed by atoms with E-state index in [4.69, 9.17) is 0 Å². The number of benzene rings is 1. The minimum absolute atomic E-state index is 0.0836. The zero-order chi connectivity index (χ0) is 11.8. The fourth-order valence-electron chi connectivity index (χ4n) is 1.62. The van der Waals surface area contributed by atoms with Gasteiger partial charge >= 0.3 is 0 Å². The Morgan fingerprint density at radius 3 is 2.75 bits per heavy atom. The Morgan fingerprint density at radius 2 is 2.19 bits per heavy atom. The molecule has 86 valence electrons. The number of aryl methyl sites for hydroxylation is 1. The summed E-state index contributed by atoms with van der Waals surface area (Å²) in [6.45, 7) is 0. The molecule has 1 aliphatic rings. The third-order valence-corrected chi connectivity index (χ3v) is 3.58. The predicted molar refractivity (Wildman–Crippen MR) is 63.3 cm³/mol. The summed E-state index contributed by atoms with van der Waals surface area (Å²) in [5.74, 6) is 0. The topological polar surface area (TPSA) is 63.4 Å². The first-order chi connectivity index (χ1) is 7.50. The maximum atomic E-state index is 10.7. The highest BCUT2D eigenvalue weighted by atomic mass is 79.9. The lowest BCUT2D eigenvalue weighted by Crippen LogP contribution is -2.07. The number of hydrogen-bond donors (Lipinski definition) is 1. The first-order valence-corrected chi connectivity index (χ1v) is 5.95. The van der Waals surface area contributed by atoms with Crippen LogP contribution in [0.5, 0.6) is 0 Å². The standard InChI is InChI=1S/C11H12BrNO3/c12-9-2-1-8(7-10(9)13(15)16)3-4-11(14)5-6-11/h1-2,7,14H,3-6H2. The monoisotopic (exact) mass is 285 g/mol. The molecule has 0 bridgehead atoms. The van der Waals surface area contributed by atoms with Crippen molar-refractivity contribution in [1.29, 1.82) is 0 Å². The highest BCUT2D eigenvalue weighted by Gasteiger charge is 2.39. The van der Waals surface area contributed by atoms with Crippen LogP contribution in [-0.4, -0.2) is 15.6 Å². The molecule has 1 saturated carbocycles. The van der Waals surface area contributed by atoms with Crippen molar-refractivity contribution < 1.29 is 10.0 Å². The van der Waals surface area contributed by atoms with Crippen LogP contribution in [0, 0.1) is 10.1 Å². The van der Waals surface area contributed by atoms with E-state index >= 15 is 0 Å². The third-order valence-electron chi connectivity index (χ3n) is 2.91. The summed E-state index contributed by atoms with van der Waals surface area (Å²) in [5, 5.41) is 20.4. The maximum Gasteiger partial charge on any atom is 0.283 e. The zero-order valence-corrected chi connectivity index (χ0v) is 10.2. The van der Waals surface area contributed by atoms with Crippen LogP contribution in [-0.2, 0) is 6.42 Å². The lowest BCUT2D eigenvalue weighted by atomic mass is 10.1. The number of nitro benzene ring substituents is 1. The van der Waals surface area contributed by atoms with Gasteiger partial charge in [-0.3, -0.25) is 10.1 Å². The molecule has 16 heavy (non-hydrogen) atoms. The number of nitro groups is 1. The molecule has 5 heteroatoms. The van der Waals surface area contributed by atoms with E-state index in [1.807, 2.05) is 6.07 Å². The second-order valence-electron chi connectivity index (χ2n) is 4.27. The van der Waals surface area contributed by atoms with Crippen LogP contribution in [0.4, 0.5) is 5.69 Å². The van der Waals surface area contributed by atoms with Gasteiger partial charge in [-0.2, -0.15) is 0 Å². The number of nitrogens with zero attached hydrogens (tertiary/aromatic N) is 1. The summed E-state index contributed by atoms with van der Waals surface area (Å²) >= 11 is 3.14. The van der Waals surface area contributed by atoms with E-state index in [1.165, 1.54) is 0 Å².